The zero-order valence-corrected chi connectivity index (χ0v) is 10.6. The number of methoxy groups -OCH3 is 1. The van der Waals surface area contributed by atoms with Gasteiger partial charge in [0.15, 0.2) is 0 Å². The standard InChI is InChI=1S/C12H10ClNO5/c1-18-9-3-2-7(6-8(9)13)12(15)10-4-5-11(19-10)14(16)17/h2-6,12,15H,1H3. The molecule has 1 unspecified atom stereocenters. The number of nitrogens with zero attached hydrogens (tertiary/aromatic N) is 1. The first-order chi connectivity index (χ1) is 9.02. The molecule has 0 saturated carbocycles. The van der Waals surface area contributed by atoms with Crippen LogP contribution in [0.2, 0.25) is 5.02 Å². The van der Waals surface area contributed by atoms with Gasteiger partial charge in [-0.15, -0.1) is 0 Å². The summed E-state index contributed by atoms with van der Waals surface area (Å²) in [6.07, 6.45) is -1.13. The minimum Gasteiger partial charge on any atom is -0.495 e. The Kier molecular flexibility index (Phi) is 3.73. The Labute approximate surface area is 113 Å². The summed E-state index contributed by atoms with van der Waals surface area (Å²) >= 11 is 5.94. The van der Waals surface area contributed by atoms with E-state index < -0.39 is 16.9 Å². The molecule has 0 aliphatic carbocycles. The molecule has 19 heavy (non-hydrogen) atoms. The molecule has 0 aliphatic rings. The molecule has 0 bridgehead atoms. The topological polar surface area (TPSA) is 85.7 Å². The summed E-state index contributed by atoms with van der Waals surface area (Å²) in [4.78, 5) is 9.83. The molecule has 2 aromatic rings. The second-order valence-electron chi connectivity index (χ2n) is 3.73. The van der Waals surface area contributed by atoms with Crippen molar-refractivity contribution in [3.63, 3.8) is 0 Å². The van der Waals surface area contributed by atoms with Gasteiger partial charge >= 0.3 is 5.88 Å². The lowest BCUT2D eigenvalue weighted by atomic mass is 10.1. The summed E-state index contributed by atoms with van der Waals surface area (Å²) in [5, 5.41) is 20.9. The Balaban J connectivity index is 2.30. The van der Waals surface area contributed by atoms with Crippen LogP contribution in [0.1, 0.15) is 17.4 Å². The van der Waals surface area contributed by atoms with Crippen LogP contribution in [0.15, 0.2) is 34.7 Å². The van der Waals surface area contributed by atoms with Gasteiger partial charge in [0, 0.05) is 0 Å². The van der Waals surface area contributed by atoms with Crippen LogP contribution >= 0.6 is 11.6 Å². The van der Waals surface area contributed by atoms with E-state index >= 15 is 0 Å². The molecule has 0 saturated heterocycles. The molecule has 1 N–H and O–H groups in total. The van der Waals surface area contributed by atoms with Crippen LogP contribution in [0, 0.1) is 10.1 Å². The number of benzene rings is 1. The molecule has 0 spiro atoms. The van der Waals surface area contributed by atoms with Crippen LogP contribution in [-0.2, 0) is 0 Å². The first-order valence-electron chi connectivity index (χ1n) is 5.28. The molecule has 1 heterocycles. The summed E-state index contributed by atoms with van der Waals surface area (Å²) in [5.41, 5.74) is 0.454. The summed E-state index contributed by atoms with van der Waals surface area (Å²) in [6.45, 7) is 0. The molecular formula is C12H10ClNO5. The highest BCUT2D eigenvalue weighted by Crippen LogP contribution is 2.31. The van der Waals surface area contributed by atoms with Crippen molar-refractivity contribution in [2.75, 3.05) is 7.11 Å². The van der Waals surface area contributed by atoms with E-state index in [0.29, 0.717) is 16.3 Å². The first-order valence-corrected chi connectivity index (χ1v) is 5.66. The monoisotopic (exact) mass is 283 g/mol. The quantitative estimate of drug-likeness (QED) is 0.688. The molecule has 6 nitrogen and oxygen atoms in total. The van der Waals surface area contributed by atoms with Gasteiger partial charge in [0.05, 0.1) is 18.2 Å². The van der Waals surface area contributed by atoms with Gasteiger partial charge in [-0.25, -0.2) is 0 Å². The minimum atomic E-state index is -1.13. The predicted octanol–water partition coefficient (Wildman–Crippen LogP) is 2.93. The fourth-order valence-corrected chi connectivity index (χ4v) is 1.87. The fourth-order valence-electron chi connectivity index (χ4n) is 1.60. The molecule has 1 aromatic heterocycles. The van der Waals surface area contributed by atoms with Crippen molar-refractivity contribution in [3.05, 3.63) is 56.8 Å². The highest BCUT2D eigenvalue weighted by molar-refractivity contribution is 6.32. The lowest BCUT2D eigenvalue weighted by Gasteiger charge is -2.10. The molecule has 0 fully saturated rings. The smallest absolute Gasteiger partial charge is 0.433 e. The largest absolute Gasteiger partial charge is 0.495 e. The minimum absolute atomic E-state index is 0.0768. The van der Waals surface area contributed by atoms with Gasteiger partial charge in [-0.2, -0.15) is 0 Å². The van der Waals surface area contributed by atoms with Gasteiger partial charge in [0.1, 0.15) is 22.5 Å². The Hall–Kier alpha value is -2.05. The van der Waals surface area contributed by atoms with Gasteiger partial charge in [-0.3, -0.25) is 10.1 Å². The zero-order chi connectivity index (χ0) is 14.0. The van der Waals surface area contributed by atoms with Crippen LogP contribution in [-0.4, -0.2) is 17.1 Å². The Morgan fingerprint density at radius 3 is 2.68 bits per heavy atom. The average Bonchev–Trinajstić information content (AvgIpc) is 2.87. The van der Waals surface area contributed by atoms with Crippen LogP contribution < -0.4 is 4.74 Å². The van der Waals surface area contributed by atoms with E-state index in [4.69, 9.17) is 20.8 Å². The molecule has 100 valence electrons. The van der Waals surface area contributed by atoms with Gasteiger partial charge in [-0.1, -0.05) is 17.7 Å². The van der Waals surface area contributed by atoms with Crippen molar-refractivity contribution in [3.8, 4) is 5.75 Å². The van der Waals surface area contributed by atoms with Crippen molar-refractivity contribution in [1.29, 1.82) is 0 Å². The number of aliphatic hydroxyl groups is 1. The van der Waals surface area contributed by atoms with Crippen LogP contribution in [0.5, 0.6) is 5.75 Å². The molecule has 7 heteroatoms. The number of hydrogen-bond donors (Lipinski definition) is 1. The SMILES string of the molecule is COc1ccc(C(O)c2ccc([N+](=O)[O-])o2)cc1Cl. The third-order valence-corrected chi connectivity index (χ3v) is 2.85. The zero-order valence-electron chi connectivity index (χ0n) is 9.87. The molecule has 1 atom stereocenters. The second-order valence-corrected chi connectivity index (χ2v) is 4.14. The Morgan fingerprint density at radius 1 is 1.42 bits per heavy atom. The highest BCUT2D eigenvalue weighted by Gasteiger charge is 2.20. The number of ether oxygens (including phenoxy) is 1. The van der Waals surface area contributed by atoms with Crippen molar-refractivity contribution in [2.45, 2.75) is 6.10 Å². The van der Waals surface area contributed by atoms with E-state index in [-0.39, 0.29) is 5.76 Å². The van der Waals surface area contributed by atoms with E-state index in [1.54, 1.807) is 12.1 Å². The van der Waals surface area contributed by atoms with Gasteiger partial charge in [0.25, 0.3) is 0 Å². The molecule has 0 amide bonds. The molecule has 2 rings (SSSR count). The number of hydrogen-bond acceptors (Lipinski definition) is 5. The molecule has 0 aliphatic heterocycles. The second kappa shape index (κ2) is 5.29. The normalized spacial score (nSPS) is 12.2. The number of halogens is 1. The van der Waals surface area contributed by atoms with Crippen molar-refractivity contribution in [2.24, 2.45) is 0 Å². The Morgan fingerprint density at radius 2 is 2.16 bits per heavy atom. The summed E-state index contributed by atoms with van der Waals surface area (Å²) in [7, 11) is 1.48. The fraction of sp³-hybridized carbons (Fsp3) is 0.167. The first kappa shape index (κ1) is 13.4. The van der Waals surface area contributed by atoms with E-state index in [9.17, 15) is 15.2 Å². The van der Waals surface area contributed by atoms with Crippen LogP contribution in [0.4, 0.5) is 5.88 Å². The van der Waals surface area contributed by atoms with E-state index in [1.165, 1.54) is 25.3 Å². The van der Waals surface area contributed by atoms with E-state index in [2.05, 4.69) is 0 Å². The Bertz CT molecular complexity index is 610. The summed E-state index contributed by atoms with van der Waals surface area (Å²) in [6, 6.07) is 7.24. The third kappa shape index (κ3) is 2.69. The third-order valence-electron chi connectivity index (χ3n) is 2.55. The van der Waals surface area contributed by atoms with Crippen molar-refractivity contribution >= 4 is 17.5 Å². The maximum Gasteiger partial charge on any atom is 0.433 e. The molecular weight excluding hydrogens is 274 g/mol. The highest BCUT2D eigenvalue weighted by atomic mass is 35.5. The van der Waals surface area contributed by atoms with E-state index in [0.717, 1.165) is 0 Å². The van der Waals surface area contributed by atoms with E-state index in [1.807, 2.05) is 0 Å². The maximum absolute atomic E-state index is 10.5. The van der Waals surface area contributed by atoms with Crippen molar-refractivity contribution < 1.29 is 19.2 Å². The predicted molar refractivity (Wildman–Crippen MR) is 67.4 cm³/mol. The average molecular weight is 284 g/mol. The number of aliphatic hydroxyl groups excluding tert-OH is 1. The number of furan rings is 1. The molecule has 0 radical (unpaired) electrons. The van der Waals surface area contributed by atoms with Crippen LogP contribution in [0.25, 0.3) is 0 Å². The van der Waals surface area contributed by atoms with Crippen LogP contribution in [0.3, 0.4) is 0 Å². The van der Waals surface area contributed by atoms with Gasteiger partial charge in [-0.05, 0) is 23.8 Å². The summed E-state index contributed by atoms with van der Waals surface area (Å²) < 4.78 is 9.93. The number of nitro groups is 1. The molecule has 1 aromatic carbocycles. The number of rotatable bonds is 4. The van der Waals surface area contributed by atoms with Crippen molar-refractivity contribution in [1.82, 2.24) is 0 Å². The maximum atomic E-state index is 10.5. The lowest BCUT2D eigenvalue weighted by molar-refractivity contribution is -0.402. The summed E-state index contributed by atoms with van der Waals surface area (Å²) in [5.74, 6) is 0.129. The van der Waals surface area contributed by atoms with Gasteiger partial charge < -0.3 is 14.3 Å². The van der Waals surface area contributed by atoms with Gasteiger partial charge in [0.2, 0.25) is 0 Å². The lowest BCUT2D eigenvalue weighted by Crippen LogP contribution is -1.98.